The number of rotatable bonds is 17. The van der Waals surface area contributed by atoms with Gasteiger partial charge >= 0.3 is 5.97 Å². The van der Waals surface area contributed by atoms with Gasteiger partial charge in [-0.25, -0.2) is 0 Å². The average Bonchev–Trinajstić information content (AvgIpc) is 3.74. The first-order valence-corrected chi connectivity index (χ1v) is 24.1. The Morgan fingerprint density at radius 1 is 0.921 bits per heavy atom. The van der Waals surface area contributed by atoms with Gasteiger partial charge in [-0.1, -0.05) is 130 Å². The molecule has 0 heterocycles. The number of aliphatic hydroxyl groups is 3. The summed E-state index contributed by atoms with van der Waals surface area (Å²) in [5.74, 6) is -2.55. The highest BCUT2D eigenvalue weighted by Crippen LogP contribution is 2.54. The second-order valence-electron chi connectivity index (χ2n) is 19.4. The summed E-state index contributed by atoms with van der Waals surface area (Å²) < 4.78 is 0. The number of carboxylic acid groups (broad SMARTS) is 1. The second-order valence-corrected chi connectivity index (χ2v) is 19.4. The molecular formula is C55H71NO7. The number of fused-ring (bicyclic) bond motifs is 5. The highest BCUT2D eigenvalue weighted by Gasteiger charge is 2.54. The lowest BCUT2D eigenvalue weighted by atomic mass is 9.53. The van der Waals surface area contributed by atoms with E-state index >= 15 is 0 Å². The number of carboxylic acids is 1. The molecule has 3 aromatic carbocycles. The van der Waals surface area contributed by atoms with Gasteiger partial charge in [0.2, 0.25) is 0 Å². The summed E-state index contributed by atoms with van der Waals surface area (Å²) >= 11 is 0. The van der Waals surface area contributed by atoms with Crippen LogP contribution < -0.4 is 16.2 Å². The van der Waals surface area contributed by atoms with Gasteiger partial charge in [-0.15, -0.1) is 0 Å². The Labute approximate surface area is 374 Å². The number of phenolic OH excluding ortho intramolecular Hbond substituents is 1. The van der Waals surface area contributed by atoms with E-state index in [1.54, 1.807) is 6.08 Å². The van der Waals surface area contributed by atoms with Crippen molar-refractivity contribution < 1.29 is 35.1 Å². The van der Waals surface area contributed by atoms with Gasteiger partial charge in [0.25, 0.3) is 0 Å². The number of carbonyl (C=O) groups excluding carboxylic acids is 1. The van der Waals surface area contributed by atoms with E-state index in [1.165, 1.54) is 5.57 Å². The first-order valence-electron chi connectivity index (χ1n) is 24.1. The number of phenols is 1. The zero-order valence-electron chi connectivity index (χ0n) is 37.3. The molecule has 3 aromatic rings. The van der Waals surface area contributed by atoms with Gasteiger partial charge in [0.1, 0.15) is 17.8 Å². The molecule has 2 bridgehead atoms. The molecule has 8 heteroatoms. The van der Waals surface area contributed by atoms with Crippen molar-refractivity contribution in [1.29, 1.82) is 0 Å². The van der Waals surface area contributed by atoms with Gasteiger partial charge in [0, 0.05) is 28.4 Å². The van der Waals surface area contributed by atoms with Crippen molar-refractivity contribution in [2.24, 2.45) is 47.2 Å². The maximum atomic E-state index is 13.8. The van der Waals surface area contributed by atoms with Crippen LogP contribution in [0, 0.1) is 41.4 Å². The summed E-state index contributed by atoms with van der Waals surface area (Å²) in [6.45, 7) is 2.82. The molecule has 63 heavy (non-hydrogen) atoms. The van der Waals surface area contributed by atoms with Crippen LogP contribution in [0.15, 0.2) is 90.5 Å². The van der Waals surface area contributed by atoms with Gasteiger partial charge in [0.05, 0.1) is 5.92 Å². The van der Waals surface area contributed by atoms with Crippen molar-refractivity contribution in [1.82, 2.24) is 0 Å². The van der Waals surface area contributed by atoms with E-state index in [9.17, 15) is 35.1 Å². The summed E-state index contributed by atoms with van der Waals surface area (Å²) in [4.78, 5) is 26.0. The smallest absolute Gasteiger partial charge is 0.308 e. The Bertz CT molecular complexity index is 2230. The highest BCUT2D eigenvalue weighted by atomic mass is 16.5. The molecule has 0 radical (unpaired) electrons. The monoisotopic (exact) mass is 858 g/mol. The topological polar surface area (TPSA) is 161 Å². The molecule has 9 atom stereocenters. The quantitative estimate of drug-likeness (QED) is 0.0340. The minimum atomic E-state index is -1.91. The Hall–Kier alpha value is -4.50. The predicted molar refractivity (Wildman–Crippen MR) is 250 cm³/mol. The highest BCUT2D eigenvalue weighted by molar-refractivity contribution is 5.74. The Morgan fingerprint density at radius 3 is 2.54 bits per heavy atom. The summed E-state index contributed by atoms with van der Waals surface area (Å²) in [5.41, 5.74) is 10.2. The molecule has 0 unspecified atom stereocenters. The fraction of sp³-hybridized carbons (Fsp3) is 0.527. The van der Waals surface area contributed by atoms with E-state index in [1.807, 2.05) is 48.5 Å². The lowest BCUT2D eigenvalue weighted by molar-refractivity contribution is -0.158. The summed E-state index contributed by atoms with van der Waals surface area (Å²) in [6.07, 6.45) is 21.9. The van der Waals surface area contributed by atoms with Crippen LogP contribution in [0.2, 0.25) is 0 Å². The minimum Gasteiger partial charge on any atom is -0.511 e. The van der Waals surface area contributed by atoms with Crippen LogP contribution in [0.1, 0.15) is 131 Å². The molecule has 4 aliphatic rings. The normalized spacial score (nSPS) is 27.9. The number of aliphatic hydroxyl groups excluding tert-OH is 2. The van der Waals surface area contributed by atoms with Gasteiger partial charge in [-0.05, 0) is 141 Å². The molecule has 1 spiro atoms. The minimum absolute atomic E-state index is 0.0176. The number of nitrogens with two attached hydrogens (primary N) is 1. The number of carbonyl (C=O) groups is 2. The first-order chi connectivity index (χ1) is 30.6. The summed E-state index contributed by atoms with van der Waals surface area (Å²) in [7, 11) is 0. The maximum Gasteiger partial charge on any atom is 0.308 e. The number of aldehydes is 1. The van der Waals surface area contributed by atoms with Crippen molar-refractivity contribution in [2.75, 3.05) is 6.54 Å². The lowest BCUT2D eigenvalue weighted by Crippen LogP contribution is -2.52. The molecule has 8 nitrogen and oxygen atoms in total. The van der Waals surface area contributed by atoms with E-state index in [0.717, 1.165) is 116 Å². The lowest BCUT2D eigenvalue weighted by Gasteiger charge is -2.50. The molecule has 0 aromatic heterocycles. The third kappa shape index (κ3) is 10.6. The summed E-state index contributed by atoms with van der Waals surface area (Å²) in [6, 6.07) is 22.3. The van der Waals surface area contributed by atoms with Gasteiger partial charge in [-0.2, -0.15) is 0 Å². The summed E-state index contributed by atoms with van der Waals surface area (Å²) in [5, 5.41) is 58.2. The van der Waals surface area contributed by atoms with E-state index in [2.05, 4.69) is 43.3 Å². The Kier molecular flexibility index (Phi) is 15.8. The van der Waals surface area contributed by atoms with E-state index in [4.69, 9.17) is 5.73 Å². The third-order valence-corrected chi connectivity index (χ3v) is 15.6. The van der Waals surface area contributed by atoms with Crippen LogP contribution in [-0.4, -0.2) is 50.6 Å². The number of aryl methyl sites for hydroxylation is 1. The molecule has 7 rings (SSSR count). The van der Waals surface area contributed by atoms with Crippen molar-refractivity contribution in [3.8, 4) is 5.75 Å². The van der Waals surface area contributed by atoms with Crippen LogP contribution in [-0.2, 0) is 27.8 Å². The van der Waals surface area contributed by atoms with Gasteiger partial charge in [-0.3, -0.25) is 4.79 Å². The van der Waals surface area contributed by atoms with Crippen molar-refractivity contribution in [3.05, 3.63) is 123 Å². The van der Waals surface area contributed by atoms with Crippen LogP contribution in [0.4, 0.5) is 0 Å². The number of benzene rings is 3. The number of aliphatic carboxylic acids is 1. The number of aromatic hydroxyl groups is 1. The van der Waals surface area contributed by atoms with Gasteiger partial charge < -0.3 is 36.1 Å². The maximum absolute atomic E-state index is 13.8. The number of hydrogen-bond acceptors (Lipinski definition) is 7. The molecular weight excluding hydrogens is 787 g/mol. The van der Waals surface area contributed by atoms with Crippen molar-refractivity contribution >= 4 is 24.1 Å². The number of hydrogen-bond donors (Lipinski definition) is 6. The van der Waals surface area contributed by atoms with Crippen molar-refractivity contribution in [3.63, 3.8) is 0 Å². The SMILES string of the molecule is CCCCCc1cc([C@H]2Cc3cccc(c3)[C@]3(CC[C@@H]4C=c5ccccc5=C(O)[C@@H]4C3)[C@@H](C(=O)O)[C@H](C(O)O)/C=C/C[C@@H]2CCCCC[C@H](C=O)[C@@H]2C=C(CCN)CC2)ccc1O. The average molecular weight is 858 g/mol. The van der Waals surface area contributed by atoms with Crippen molar-refractivity contribution in [2.45, 2.75) is 134 Å². The third-order valence-electron chi connectivity index (χ3n) is 15.6. The molecule has 1 saturated carbocycles. The molecule has 4 aliphatic carbocycles. The van der Waals surface area contributed by atoms with Crippen LogP contribution in [0.5, 0.6) is 5.75 Å². The Morgan fingerprint density at radius 2 is 1.76 bits per heavy atom. The molecule has 1 fully saturated rings. The molecule has 0 aliphatic heterocycles. The molecule has 0 amide bonds. The van der Waals surface area contributed by atoms with Gasteiger partial charge in [0.15, 0.2) is 6.29 Å². The van der Waals surface area contributed by atoms with Crippen LogP contribution >= 0.6 is 0 Å². The molecule has 7 N–H and O–H groups in total. The first kappa shape index (κ1) is 46.5. The Balaban J connectivity index is 1.24. The predicted octanol–water partition coefficient (Wildman–Crippen LogP) is 8.92. The van der Waals surface area contributed by atoms with E-state index in [0.29, 0.717) is 50.3 Å². The second kappa shape index (κ2) is 21.5. The fourth-order valence-corrected chi connectivity index (χ4v) is 12.2. The molecule has 338 valence electrons. The zero-order chi connectivity index (χ0) is 44.5. The zero-order valence-corrected chi connectivity index (χ0v) is 37.3. The standard InChI is InChI=1S/C55H71NO7/c1-2-3-5-15-43-33-41(23-24-50(43)58)48-31-37-12-10-18-45(30-37)55(27-25-42-32-40-14-8-9-19-46(40)52(59)49(42)34-55)51(54(62)63)47(53(60)61)20-11-17-38(48)13-6-4-7-16-44(35-57)39-22-21-36(29-39)26-28-56/h8-12,14,18-20,23-24,29-30,32-33,35,38-39,42,44,47-49,51,53,58-61H,2-7,13,15-17,21-22,25-28,31,34,56H2,1H3,(H,62,63)/b20-11+/t38-,39-,42+,44+,47+,48-,49+,51+,55+/m0/s1. The largest absolute Gasteiger partial charge is 0.511 e. The fourth-order valence-electron chi connectivity index (χ4n) is 12.2. The van der Waals surface area contributed by atoms with Crippen LogP contribution in [0.3, 0.4) is 0 Å². The number of unbranched alkanes of at least 4 members (excludes halogenated alkanes) is 4. The van der Waals surface area contributed by atoms with E-state index in [-0.39, 0.29) is 35.3 Å². The number of allylic oxidation sites excluding steroid dienone is 2. The van der Waals surface area contributed by atoms with E-state index < -0.39 is 29.5 Å². The van der Waals surface area contributed by atoms with Crippen LogP contribution in [0.25, 0.3) is 11.8 Å². The molecule has 0 saturated heterocycles.